The molecule has 0 unspecified atom stereocenters. The lowest BCUT2D eigenvalue weighted by Crippen LogP contribution is -2.35. The molecule has 0 bridgehead atoms. The van der Waals surface area contributed by atoms with E-state index in [1.807, 2.05) is 44.2 Å². The summed E-state index contributed by atoms with van der Waals surface area (Å²) in [5, 5.41) is 8.97. The van der Waals surface area contributed by atoms with Crippen LogP contribution in [-0.4, -0.2) is 36.3 Å². The number of carboxylic acids is 1. The molecule has 0 amide bonds. The lowest BCUT2D eigenvalue weighted by Gasteiger charge is -2.27. The second-order valence-electron chi connectivity index (χ2n) is 12.1. The second kappa shape index (κ2) is 12.9. The summed E-state index contributed by atoms with van der Waals surface area (Å²) in [4.78, 5) is 17.8. The van der Waals surface area contributed by atoms with Crippen molar-refractivity contribution in [2.24, 2.45) is 4.99 Å². The maximum atomic E-state index is 11.8. The lowest BCUT2D eigenvalue weighted by atomic mass is 9.82. The Bertz CT molecular complexity index is 1640. The molecule has 0 saturated carbocycles. The van der Waals surface area contributed by atoms with Gasteiger partial charge in [0.05, 0.1) is 26.9 Å². The van der Waals surface area contributed by atoms with Gasteiger partial charge in [0.25, 0.3) is 0 Å². The number of aliphatic carboxylic acids is 1. The molecule has 2 aromatic rings. The minimum Gasteiger partial charge on any atom is -0.744 e. The number of rotatable bonds is 12. The van der Waals surface area contributed by atoms with Gasteiger partial charge in [-0.15, -0.1) is 0 Å². The van der Waals surface area contributed by atoms with Crippen LogP contribution in [0.3, 0.4) is 0 Å². The third-order valence-electron chi connectivity index (χ3n) is 8.23. The molecule has 2 aliphatic heterocycles. The summed E-state index contributed by atoms with van der Waals surface area (Å²) in [6.45, 7) is 12.1. The summed E-state index contributed by atoms with van der Waals surface area (Å²) < 4.78 is 38.6. The predicted octanol–water partition coefficient (Wildman–Crippen LogP) is 6.85. The normalized spacial score (nSPS) is 18.1. The van der Waals surface area contributed by atoms with E-state index in [2.05, 4.69) is 58.4 Å². The van der Waals surface area contributed by atoms with Crippen molar-refractivity contribution in [1.29, 1.82) is 0 Å². The number of unbranched alkanes of at least 4 members (excludes halogenated alkanes) is 2. The number of hydrogen-bond acceptors (Lipinski definition) is 6. The van der Waals surface area contributed by atoms with Gasteiger partial charge in [0, 0.05) is 29.8 Å². The average molecular weight is 671 g/mol. The van der Waals surface area contributed by atoms with E-state index in [0.29, 0.717) is 13.0 Å². The number of benzene rings is 1. The molecule has 4 rings (SSSR count). The number of allylic oxidation sites excluding steroid dienone is 6. The number of halogens is 1. The van der Waals surface area contributed by atoms with Gasteiger partial charge in [0.1, 0.15) is 16.3 Å². The largest absolute Gasteiger partial charge is 0.744 e. The molecule has 0 aliphatic carbocycles. The van der Waals surface area contributed by atoms with Crippen LogP contribution in [0.25, 0.3) is 0 Å². The third kappa shape index (κ3) is 7.02. The number of aromatic nitrogens is 1. The van der Waals surface area contributed by atoms with Gasteiger partial charge in [-0.2, -0.15) is 0 Å². The van der Waals surface area contributed by atoms with Crippen molar-refractivity contribution in [3.8, 4) is 0 Å². The number of aryl methyl sites for hydroxylation is 1. The molecular formula is C33H40BrN3O5S. The Morgan fingerprint density at radius 3 is 2.49 bits per heavy atom. The molecule has 0 spiro atoms. The van der Waals surface area contributed by atoms with Gasteiger partial charge in [0.15, 0.2) is 5.71 Å². The summed E-state index contributed by atoms with van der Waals surface area (Å²) in [5.74, 6) is 0.186. The third-order valence-corrected chi connectivity index (χ3v) is 9.50. The average Bonchev–Trinajstić information content (AvgIpc) is 3.29. The molecule has 1 aromatic heterocycles. The highest BCUT2D eigenvalue weighted by molar-refractivity contribution is 9.10. The van der Waals surface area contributed by atoms with Crippen LogP contribution in [0.15, 0.2) is 80.9 Å². The SMILES string of the molecule is CCC[n+]1cc(Br)cc2c1N=C(/C=C/C=C/C=C1/N(CCCCCC(=O)O)c3ccc(S(=O)(=O)[O-])cc3C1(C)C)C2(C)C. The van der Waals surface area contributed by atoms with Crippen molar-refractivity contribution in [2.75, 3.05) is 11.4 Å². The van der Waals surface area contributed by atoms with Gasteiger partial charge in [-0.1, -0.05) is 45.4 Å². The monoisotopic (exact) mass is 669 g/mol. The zero-order valence-electron chi connectivity index (χ0n) is 25.4. The maximum absolute atomic E-state index is 11.8. The van der Waals surface area contributed by atoms with Crippen LogP contribution in [0.1, 0.15) is 77.8 Å². The smallest absolute Gasteiger partial charge is 0.327 e. The Kier molecular flexibility index (Phi) is 9.83. The summed E-state index contributed by atoms with van der Waals surface area (Å²) >= 11 is 3.65. The molecule has 1 N–H and O–H groups in total. The van der Waals surface area contributed by atoms with E-state index < -0.39 is 21.5 Å². The summed E-state index contributed by atoms with van der Waals surface area (Å²) in [6, 6.07) is 6.69. The van der Waals surface area contributed by atoms with Gasteiger partial charge < -0.3 is 14.6 Å². The van der Waals surface area contributed by atoms with E-state index in [-0.39, 0.29) is 16.7 Å². The zero-order valence-corrected chi connectivity index (χ0v) is 27.8. The Morgan fingerprint density at radius 2 is 1.81 bits per heavy atom. The molecule has 230 valence electrons. The first-order valence-corrected chi connectivity index (χ1v) is 16.9. The molecule has 1 aromatic carbocycles. The first-order valence-electron chi connectivity index (χ1n) is 14.7. The Balaban J connectivity index is 1.60. The number of fused-ring (bicyclic) bond motifs is 2. The first-order chi connectivity index (χ1) is 20.2. The zero-order chi connectivity index (χ0) is 31.6. The van der Waals surface area contributed by atoms with Gasteiger partial charge in [-0.05, 0) is 96.0 Å². The van der Waals surface area contributed by atoms with Crippen LogP contribution in [0, 0.1) is 0 Å². The van der Waals surface area contributed by atoms with Crippen molar-refractivity contribution >= 4 is 49.2 Å². The van der Waals surface area contributed by atoms with Crippen molar-refractivity contribution in [3.05, 3.63) is 82.1 Å². The Hall–Kier alpha value is -3.08. The number of aliphatic imine (C=N–C) groups is 1. The standard InChI is InChI=1S/C33H40BrN3O5S/c1-6-18-36-22-23(34)20-26-31(36)35-28(32(26,2)3)13-9-7-10-14-29-33(4,5)25-21-24(43(40,41)42)16-17-27(25)37(29)19-12-8-11-15-30(38)39/h7,9-10,13-14,16-17,20-22H,6,8,11-12,15,18-19H2,1-5H3,(H-,38,39,40,41,42). The number of nitrogens with zero attached hydrogens (tertiary/aromatic N) is 3. The van der Waals surface area contributed by atoms with Crippen molar-refractivity contribution in [1.82, 2.24) is 0 Å². The highest BCUT2D eigenvalue weighted by atomic mass is 79.9. The van der Waals surface area contributed by atoms with E-state index in [0.717, 1.165) is 58.8 Å². The topological polar surface area (TPSA) is 114 Å². The first kappa shape index (κ1) is 32.8. The van der Waals surface area contributed by atoms with E-state index in [4.69, 9.17) is 10.1 Å². The quantitative estimate of drug-likeness (QED) is 0.114. The minimum atomic E-state index is -4.59. The van der Waals surface area contributed by atoms with Crippen LogP contribution in [0.4, 0.5) is 11.5 Å². The molecule has 2 aliphatic rings. The van der Waals surface area contributed by atoms with E-state index in [1.54, 1.807) is 6.07 Å². The van der Waals surface area contributed by atoms with Crippen LogP contribution in [0.2, 0.25) is 0 Å². The molecule has 43 heavy (non-hydrogen) atoms. The van der Waals surface area contributed by atoms with Crippen molar-refractivity contribution in [2.45, 2.75) is 89.0 Å². The summed E-state index contributed by atoms with van der Waals surface area (Å²) in [6.07, 6.45) is 15.3. The number of pyridine rings is 1. The molecule has 0 saturated heterocycles. The van der Waals surface area contributed by atoms with Gasteiger partial charge in [-0.3, -0.25) is 4.79 Å². The molecule has 0 fully saturated rings. The molecule has 3 heterocycles. The van der Waals surface area contributed by atoms with Crippen LogP contribution >= 0.6 is 15.9 Å². The fraction of sp³-hybridized carbons (Fsp3) is 0.424. The second-order valence-corrected chi connectivity index (χ2v) is 14.4. The van der Waals surface area contributed by atoms with Gasteiger partial charge in [-0.25, -0.2) is 13.0 Å². The molecular weight excluding hydrogens is 630 g/mol. The maximum Gasteiger partial charge on any atom is 0.327 e. The molecule has 8 nitrogen and oxygen atoms in total. The highest BCUT2D eigenvalue weighted by Crippen LogP contribution is 2.48. The summed E-state index contributed by atoms with van der Waals surface area (Å²) in [7, 11) is -4.59. The minimum absolute atomic E-state index is 0.133. The molecule has 0 atom stereocenters. The predicted molar refractivity (Wildman–Crippen MR) is 172 cm³/mol. The van der Waals surface area contributed by atoms with Crippen LogP contribution in [0.5, 0.6) is 0 Å². The van der Waals surface area contributed by atoms with E-state index in [9.17, 15) is 17.8 Å². The Morgan fingerprint density at radius 1 is 1.07 bits per heavy atom. The van der Waals surface area contributed by atoms with Crippen molar-refractivity contribution < 1.29 is 27.4 Å². The van der Waals surface area contributed by atoms with E-state index >= 15 is 0 Å². The number of carboxylic acid groups (broad SMARTS) is 1. The van der Waals surface area contributed by atoms with Crippen molar-refractivity contribution in [3.63, 3.8) is 0 Å². The Labute approximate surface area is 263 Å². The fourth-order valence-corrected chi connectivity index (χ4v) is 6.84. The highest BCUT2D eigenvalue weighted by Gasteiger charge is 2.42. The van der Waals surface area contributed by atoms with E-state index in [1.165, 1.54) is 17.7 Å². The van der Waals surface area contributed by atoms with Gasteiger partial charge >= 0.3 is 11.8 Å². The number of hydrogen-bond donors (Lipinski definition) is 1. The fourth-order valence-electron chi connectivity index (χ4n) is 5.87. The van der Waals surface area contributed by atoms with Gasteiger partial charge in [0.2, 0.25) is 0 Å². The number of carbonyl (C=O) groups is 1. The molecule has 0 radical (unpaired) electrons. The lowest BCUT2D eigenvalue weighted by molar-refractivity contribution is -0.684. The van der Waals surface area contributed by atoms with Crippen LogP contribution < -0.4 is 9.47 Å². The molecule has 10 heteroatoms. The number of anilines is 1. The van der Waals surface area contributed by atoms with Crippen LogP contribution in [-0.2, 0) is 32.3 Å². The summed E-state index contributed by atoms with van der Waals surface area (Å²) in [5.41, 5.74) is 3.97.